The second kappa shape index (κ2) is 27.0. The van der Waals surface area contributed by atoms with Gasteiger partial charge >= 0.3 is 18.0 Å². The maximum absolute atomic E-state index is 14.6. The number of pyridine rings is 1. The lowest BCUT2D eigenvalue weighted by atomic mass is 9.89. The van der Waals surface area contributed by atoms with Crippen LogP contribution in [0.25, 0.3) is 21.8 Å². The zero-order chi connectivity index (χ0) is 50.1. The van der Waals surface area contributed by atoms with Gasteiger partial charge in [0.05, 0.1) is 17.2 Å². The van der Waals surface area contributed by atoms with Crippen molar-refractivity contribution >= 4 is 45.7 Å². The summed E-state index contributed by atoms with van der Waals surface area (Å²) in [7, 11) is 2.17. The number of esters is 2. The molecule has 1 N–H and O–H groups in total. The predicted molar refractivity (Wildman–Crippen MR) is 279 cm³/mol. The number of rotatable bonds is 24. The van der Waals surface area contributed by atoms with Crippen LogP contribution in [-0.2, 0) is 43.7 Å². The first kappa shape index (κ1) is 53.5. The number of benzene rings is 2. The minimum absolute atomic E-state index is 0.0293. The predicted octanol–water partition coefficient (Wildman–Crippen LogP) is 8.90. The van der Waals surface area contributed by atoms with Gasteiger partial charge in [0.15, 0.2) is 13.5 Å². The van der Waals surface area contributed by atoms with Gasteiger partial charge in [0, 0.05) is 75.5 Å². The Morgan fingerprint density at radius 3 is 1.99 bits per heavy atom. The largest absolute Gasteiger partial charge is 0.444 e. The van der Waals surface area contributed by atoms with E-state index >= 15 is 0 Å². The molecule has 0 saturated carbocycles. The highest BCUT2D eigenvalue weighted by atomic mass is 16.5. The number of fused-ring (bicyclic) bond motifs is 2. The molecule has 388 valence electrons. The zero-order valence-corrected chi connectivity index (χ0v) is 43.3. The Hall–Kier alpha value is -5.28. The molecular weight excluding hydrogens is 897 g/mol. The van der Waals surface area contributed by atoms with Crippen molar-refractivity contribution in [3.8, 4) is 0 Å². The minimum atomic E-state index is -0.804. The highest BCUT2D eigenvalue weighted by molar-refractivity contribution is 5.88. The van der Waals surface area contributed by atoms with Crippen LogP contribution in [0.2, 0.25) is 0 Å². The smallest absolute Gasteiger partial charge is 0.318 e. The highest BCUT2D eigenvalue weighted by Crippen LogP contribution is 2.29. The van der Waals surface area contributed by atoms with E-state index in [4.69, 9.17) is 9.47 Å². The molecule has 71 heavy (non-hydrogen) atoms. The molecule has 2 aromatic heterocycles. The van der Waals surface area contributed by atoms with Gasteiger partial charge in [0.1, 0.15) is 6.04 Å². The molecule has 1 unspecified atom stereocenters. The molecule has 3 aliphatic heterocycles. The maximum Gasteiger partial charge on any atom is 0.318 e. The number of carbonyl (C=O) groups is 4. The Morgan fingerprint density at radius 2 is 1.32 bits per heavy atom. The molecule has 3 fully saturated rings. The fourth-order valence-electron chi connectivity index (χ4n) is 11.0. The summed E-state index contributed by atoms with van der Waals surface area (Å²) < 4.78 is 14.6. The Morgan fingerprint density at radius 1 is 0.704 bits per heavy atom. The van der Waals surface area contributed by atoms with Crippen LogP contribution in [0, 0.1) is 6.92 Å². The number of ether oxygens (including phenoxy) is 2. The molecular formula is C56H82N8O7. The zero-order valence-electron chi connectivity index (χ0n) is 43.3. The van der Waals surface area contributed by atoms with Crippen molar-refractivity contribution < 1.29 is 28.7 Å². The molecule has 0 bridgehead atoms. The van der Waals surface area contributed by atoms with Crippen LogP contribution in [-0.4, -0.2) is 129 Å². The van der Waals surface area contributed by atoms with Crippen molar-refractivity contribution in [2.45, 2.75) is 174 Å². The number of aromatic nitrogens is 3. The number of aryl methyl sites for hydroxylation is 1. The molecule has 2 aromatic carbocycles. The van der Waals surface area contributed by atoms with Crippen molar-refractivity contribution in [2.75, 3.05) is 59.4 Å². The first-order chi connectivity index (χ1) is 34.5. The van der Waals surface area contributed by atoms with Gasteiger partial charge in [-0.3, -0.25) is 28.6 Å². The molecule has 4 aromatic rings. The SMILES string of the molecule is CCCCCCCCC(=O)OCn1ncc2cc(CC(NC(=O)N3CCC(c4cc5ccccc5n(COC(=O)CCCCCCCC)c4=O)CC3)C(=O)N3CCN(C4CCN(C)CC4)CC3)cc(C)c21. The van der Waals surface area contributed by atoms with E-state index in [-0.39, 0.29) is 48.8 Å². The van der Waals surface area contributed by atoms with Crippen LogP contribution >= 0.6 is 0 Å². The van der Waals surface area contributed by atoms with Gasteiger partial charge in [0.2, 0.25) is 5.91 Å². The number of hydrogen-bond acceptors (Lipinski definition) is 10. The number of nitrogens with zero attached hydrogens (tertiary/aromatic N) is 7. The first-order valence-electron chi connectivity index (χ1n) is 27.2. The third-order valence-electron chi connectivity index (χ3n) is 15.3. The molecule has 7 rings (SSSR count). The molecule has 15 nitrogen and oxygen atoms in total. The summed E-state index contributed by atoms with van der Waals surface area (Å²) in [6.45, 7) is 12.1. The fraction of sp³-hybridized carbons (Fsp3) is 0.643. The second-order valence-corrected chi connectivity index (χ2v) is 20.6. The van der Waals surface area contributed by atoms with E-state index in [1.165, 1.54) is 38.5 Å². The van der Waals surface area contributed by atoms with E-state index in [1.54, 1.807) is 20.3 Å². The fourth-order valence-corrected chi connectivity index (χ4v) is 11.0. The monoisotopic (exact) mass is 979 g/mol. The summed E-state index contributed by atoms with van der Waals surface area (Å²) in [6.07, 6.45) is 19.2. The van der Waals surface area contributed by atoms with E-state index in [9.17, 15) is 24.0 Å². The van der Waals surface area contributed by atoms with Crippen LogP contribution in [0.1, 0.15) is 152 Å². The topological polar surface area (TPSA) is 152 Å². The third-order valence-corrected chi connectivity index (χ3v) is 15.3. The highest BCUT2D eigenvalue weighted by Gasteiger charge is 2.34. The Bertz CT molecular complexity index is 2430. The number of urea groups is 1. The van der Waals surface area contributed by atoms with Gasteiger partial charge in [-0.05, 0) is 106 Å². The van der Waals surface area contributed by atoms with Crippen LogP contribution in [0.5, 0.6) is 0 Å². The van der Waals surface area contributed by atoms with Crippen LogP contribution in [0.4, 0.5) is 4.79 Å². The summed E-state index contributed by atoms with van der Waals surface area (Å²) in [6, 6.07) is 13.1. The van der Waals surface area contributed by atoms with Gasteiger partial charge in [-0.2, -0.15) is 5.10 Å². The number of para-hydroxylation sites is 1. The lowest BCUT2D eigenvalue weighted by Crippen LogP contribution is -2.59. The summed E-state index contributed by atoms with van der Waals surface area (Å²) in [5.41, 5.74) is 3.90. The maximum atomic E-state index is 14.6. The molecule has 15 heteroatoms. The van der Waals surface area contributed by atoms with E-state index in [2.05, 4.69) is 41.1 Å². The van der Waals surface area contributed by atoms with Gasteiger partial charge in [-0.25, -0.2) is 9.48 Å². The quantitative estimate of drug-likeness (QED) is 0.0533. The second-order valence-electron chi connectivity index (χ2n) is 20.6. The molecule has 1 atom stereocenters. The normalized spacial score (nSPS) is 17.0. The van der Waals surface area contributed by atoms with Crippen molar-refractivity contribution in [3.05, 3.63) is 75.7 Å². The lowest BCUT2D eigenvalue weighted by Gasteiger charge is -2.43. The Kier molecular flexibility index (Phi) is 20.3. The number of carbonyl (C=O) groups excluding carboxylic acids is 4. The van der Waals surface area contributed by atoms with E-state index < -0.39 is 6.04 Å². The average molecular weight is 979 g/mol. The Labute approximate surface area is 421 Å². The van der Waals surface area contributed by atoms with Crippen LogP contribution in [0.3, 0.4) is 0 Å². The first-order valence-corrected chi connectivity index (χ1v) is 27.2. The number of likely N-dealkylation sites (tertiary alicyclic amines) is 2. The number of piperazine rings is 1. The van der Waals surface area contributed by atoms with Gasteiger partial charge in [0.25, 0.3) is 5.56 Å². The summed E-state index contributed by atoms with van der Waals surface area (Å²) in [5.74, 6) is -0.712. The van der Waals surface area contributed by atoms with E-state index in [0.29, 0.717) is 75.4 Å². The van der Waals surface area contributed by atoms with Gasteiger partial charge < -0.3 is 29.5 Å². The molecule has 0 aliphatic carbocycles. The standard InChI is InChI=1S/C56H82N8O7/c1-5-7-9-11-13-15-21-51(65)70-40-63-50-20-18-17-19-45(50)38-48(54(63)67)44-23-29-62(30-24-44)56(69)58-49(55(68)61-33-31-60(32-34-61)47-25-27-59(4)28-26-47)37-43-35-42(3)53-46(36-43)39-57-64(53)41-71-52(66)22-16-14-12-10-8-6-2/h17-20,35-36,38-39,44,47,49H,5-16,21-34,37,40-41H2,1-4H3,(H,58,69). The summed E-state index contributed by atoms with van der Waals surface area (Å²) in [4.78, 5) is 77.1. The molecule has 0 radical (unpaired) electrons. The summed E-state index contributed by atoms with van der Waals surface area (Å²) in [5, 5.41) is 9.53. The lowest BCUT2D eigenvalue weighted by molar-refractivity contribution is -0.148. The van der Waals surface area contributed by atoms with Crippen LogP contribution < -0.4 is 10.9 Å². The molecule has 5 heterocycles. The average Bonchev–Trinajstić information content (AvgIpc) is 3.80. The van der Waals surface area contributed by atoms with Crippen LogP contribution in [0.15, 0.2) is 53.5 Å². The number of nitrogens with one attached hydrogen (secondary N) is 1. The third kappa shape index (κ3) is 14.9. The molecule has 0 spiro atoms. The van der Waals surface area contributed by atoms with Crippen molar-refractivity contribution in [3.63, 3.8) is 0 Å². The van der Waals surface area contributed by atoms with Crippen molar-refractivity contribution in [2.24, 2.45) is 0 Å². The minimum Gasteiger partial charge on any atom is -0.444 e. The van der Waals surface area contributed by atoms with Crippen molar-refractivity contribution in [1.29, 1.82) is 0 Å². The molecule has 3 amide bonds. The van der Waals surface area contributed by atoms with E-state index in [1.807, 2.05) is 54.3 Å². The van der Waals surface area contributed by atoms with Gasteiger partial charge in [-0.15, -0.1) is 0 Å². The number of amides is 3. The number of piperidine rings is 2. The Balaban J connectivity index is 1.00. The number of unbranched alkanes of at least 4 members (excludes halogenated alkanes) is 10. The van der Waals surface area contributed by atoms with Gasteiger partial charge in [-0.1, -0.05) is 102 Å². The van der Waals surface area contributed by atoms with E-state index in [0.717, 1.165) is 105 Å². The number of hydrogen-bond donors (Lipinski definition) is 1. The molecule has 3 aliphatic rings. The summed E-state index contributed by atoms with van der Waals surface area (Å²) >= 11 is 0. The van der Waals surface area contributed by atoms with Crippen molar-refractivity contribution in [1.82, 2.24) is 39.3 Å². The molecule has 3 saturated heterocycles.